The molecule has 162 valence electrons. The van der Waals surface area contributed by atoms with E-state index in [-0.39, 0.29) is 10.7 Å². The van der Waals surface area contributed by atoms with Gasteiger partial charge in [-0.1, -0.05) is 24.3 Å². The second-order valence-electron chi connectivity index (χ2n) is 6.96. The highest BCUT2D eigenvalue weighted by molar-refractivity contribution is 7.80. The van der Waals surface area contributed by atoms with Gasteiger partial charge in [0.2, 0.25) is 5.89 Å². The highest BCUT2D eigenvalue weighted by Crippen LogP contribution is 2.29. The third-order valence-corrected chi connectivity index (χ3v) is 5.11. The molecule has 0 fully saturated rings. The van der Waals surface area contributed by atoms with Crippen LogP contribution >= 0.6 is 12.2 Å². The fourth-order valence-corrected chi connectivity index (χ4v) is 3.48. The third kappa shape index (κ3) is 4.26. The number of para-hydroxylation sites is 2. The Bertz CT molecular complexity index is 1260. The van der Waals surface area contributed by atoms with Crippen molar-refractivity contribution in [3.05, 3.63) is 71.8 Å². The van der Waals surface area contributed by atoms with Gasteiger partial charge < -0.3 is 19.2 Å². The number of hydrogen-bond acceptors (Lipinski definition) is 6. The lowest BCUT2D eigenvalue weighted by molar-refractivity contribution is 0.0971. The minimum Gasteiger partial charge on any atom is -0.496 e. The van der Waals surface area contributed by atoms with Gasteiger partial charge in [0, 0.05) is 11.3 Å². The smallest absolute Gasteiger partial charge is 0.264 e. The molecule has 0 bridgehead atoms. The van der Waals surface area contributed by atoms with E-state index in [0.29, 0.717) is 23.0 Å². The van der Waals surface area contributed by atoms with Crippen LogP contribution in [0.5, 0.6) is 11.5 Å². The zero-order valence-corrected chi connectivity index (χ0v) is 18.6. The average molecular weight is 448 g/mol. The van der Waals surface area contributed by atoms with Crippen molar-refractivity contribution < 1.29 is 18.7 Å². The lowest BCUT2D eigenvalue weighted by Crippen LogP contribution is -2.34. The first-order valence-corrected chi connectivity index (χ1v) is 10.2. The maximum absolute atomic E-state index is 12.9. The van der Waals surface area contributed by atoms with Crippen LogP contribution in [0.4, 0.5) is 5.69 Å². The number of carbonyl (C=O) groups is 1. The van der Waals surface area contributed by atoms with Crippen LogP contribution in [-0.2, 0) is 0 Å². The van der Waals surface area contributed by atoms with Crippen molar-refractivity contribution in [3.63, 3.8) is 0 Å². The van der Waals surface area contributed by atoms with Crippen molar-refractivity contribution in [2.24, 2.45) is 0 Å². The van der Waals surface area contributed by atoms with Gasteiger partial charge in [0.1, 0.15) is 22.6 Å². The van der Waals surface area contributed by atoms with Gasteiger partial charge in [-0.3, -0.25) is 10.1 Å². The number of carbonyl (C=O) groups excluding carboxylic acids is 1. The van der Waals surface area contributed by atoms with E-state index >= 15 is 0 Å². The molecule has 1 amide bonds. The number of fused-ring (bicyclic) bond motifs is 1. The Labute approximate surface area is 190 Å². The molecular weight excluding hydrogens is 426 g/mol. The molecule has 2 N–H and O–H groups in total. The summed E-state index contributed by atoms with van der Waals surface area (Å²) in [6.07, 6.45) is 0. The number of hydrogen-bond donors (Lipinski definition) is 2. The maximum atomic E-state index is 12.9. The molecule has 0 saturated carbocycles. The van der Waals surface area contributed by atoms with Crippen LogP contribution in [0.15, 0.2) is 65.1 Å². The van der Waals surface area contributed by atoms with E-state index in [2.05, 4.69) is 15.6 Å². The van der Waals surface area contributed by atoms with E-state index < -0.39 is 5.91 Å². The fraction of sp³-hybridized carbons (Fsp3) is 0.125. The molecule has 0 spiro atoms. The Hall–Kier alpha value is -3.91. The molecule has 1 heterocycles. The number of amides is 1. The Morgan fingerprint density at radius 3 is 2.41 bits per heavy atom. The monoisotopic (exact) mass is 447 g/mol. The van der Waals surface area contributed by atoms with Gasteiger partial charge in [0.25, 0.3) is 5.91 Å². The summed E-state index contributed by atoms with van der Waals surface area (Å²) >= 11 is 5.38. The van der Waals surface area contributed by atoms with Gasteiger partial charge in [0.15, 0.2) is 10.7 Å². The molecule has 0 saturated heterocycles. The first kappa shape index (κ1) is 21.3. The van der Waals surface area contributed by atoms with Gasteiger partial charge in [-0.25, -0.2) is 4.98 Å². The summed E-state index contributed by atoms with van der Waals surface area (Å²) in [5, 5.41) is 5.90. The summed E-state index contributed by atoms with van der Waals surface area (Å²) in [5.74, 6) is 0.838. The van der Waals surface area contributed by atoms with Crippen LogP contribution in [0, 0.1) is 6.92 Å². The van der Waals surface area contributed by atoms with Crippen molar-refractivity contribution in [1.29, 1.82) is 0 Å². The lowest BCUT2D eigenvalue weighted by atomic mass is 10.1. The maximum Gasteiger partial charge on any atom is 0.264 e. The van der Waals surface area contributed by atoms with Crippen LogP contribution in [0.3, 0.4) is 0 Å². The number of ether oxygens (including phenoxy) is 2. The SMILES string of the molecule is COc1cccc(OC)c1C(=O)NC(=S)Nc1cc(-c2nc3ccccc3o2)ccc1C. The normalized spacial score (nSPS) is 10.6. The Balaban J connectivity index is 1.55. The standard InChI is InChI=1S/C24H21N3O4S/c1-14-11-12-15(23-25-16-7-4-5-8-18(16)31-23)13-17(14)26-24(32)27-22(28)21-19(29-2)9-6-10-20(21)30-3/h4-13H,1-3H3,(H2,26,27,28,32). The number of nitrogens with zero attached hydrogens (tertiary/aromatic N) is 1. The van der Waals surface area contributed by atoms with E-state index in [1.54, 1.807) is 18.2 Å². The molecule has 4 rings (SSSR count). The zero-order valence-electron chi connectivity index (χ0n) is 17.8. The van der Waals surface area contributed by atoms with Crippen molar-refractivity contribution in [3.8, 4) is 23.0 Å². The molecule has 7 nitrogen and oxygen atoms in total. The molecule has 0 unspecified atom stereocenters. The molecule has 3 aromatic carbocycles. The van der Waals surface area contributed by atoms with E-state index in [4.69, 9.17) is 26.1 Å². The lowest BCUT2D eigenvalue weighted by Gasteiger charge is -2.15. The van der Waals surface area contributed by atoms with Gasteiger partial charge in [-0.15, -0.1) is 0 Å². The number of methoxy groups -OCH3 is 2. The number of nitrogens with one attached hydrogen (secondary N) is 2. The predicted molar refractivity (Wildman–Crippen MR) is 127 cm³/mol. The molecule has 0 radical (unpaired) electrons. The quantitative estimate of drug-likeness (QED) is 0.419. The number of anilines is 1. The van der Waals surface area contributed by atoms with Crippen LogP contribution in [0.1, 0.15) is 15.9 Å². The summed E-state index contributed by atoms with van der Waals surface area (Å²) in [6.45, 7) is 1.94. The highest BCUT2D eigenvalue weighted by atomic mass is 32.1. The average Bonchev–Trinajstić information content (AvgIpc) is 3.24. The predicted octanol–water partition coefficient (Wildman–Crippen LogP) is 4.95. The van der Waals surface area contributed by atoms with Gasteiger partial charge in [0.05, 0.1) is 14.2 Å². The Kier molecular flexibility index (Phi) is 6.04. The molecule has 32 heavy (non-hydrogen) atoms. The molecular formula is C24H21N3O4S. The van der Waals surface area contributed by atoms with E-state index in [1.807, 2.05) is 49.4 Å². The van der Waals surface area contributed by atoms with Crippen LogP contribution in [0.25, 0.3) is 22.6 Å². The van der Waals surface area contributed by atoms with E-state index in [1.165, 1.54) is 14.2 Å². The van der Waals surface area contributed by atoms with Gasteiger partial charge in [-0.2, -0.15) is 0 Å². The highest BCUT2D eigenvalue weighted by Gasteiger charge is 2.19. The molecule has 0 aliphatic carbocycles. The third-order valence-electron chi connectivity index (χ3n) is 4.91. The first-order chi connectivity index (χ1) is 15.5. The van der Waals surface area contributed by atoms with E-state index in [0.717, 1.165) is 22.3 Å². The van der Waals surface area contributed by atoms with Crippen molar-refractivity contribution in [2.75, 3.05) is 19.5 Å². The number of benzene rings is 3. The summed E-state index contributed by atoms with van der Waals surface area (Å²) < 4.78 is 16.4. The number of aromatic nitrogens is 1. The second-order valence-corrected chi connectivity index (χ2v) is 7.37. The summed E-state index contributed by atoms with van der Waals surface area (Å²) in [5.41, 5.74) is 4.21. The molecule has 1 aromatic heterocycles. The topological polar surface area (TPSA) is 85.6 Å². The van der Waals surface area contributed by atoms with Gasteiger partial charge >= 0.3 is 0 Å². The van der Waals surface area contributed by atoms with Crippen molar-refractivity contribution in [1.82, 2.24) is 10.3 Å². The number of aryl methyl sites for hydroxylation is 1. The summed E-state index contributed by atoms with van der Waals surface area (Å²) in [6, 6.07) is 18.4. The molecule has 0 atom stereocenters. The molecule has 8 heteroatoms. The minimum atomic E-state index is -0.440. The van der Waals surface area contributed by atoms with Gasteiger partial charge in [-0.05, 0) is 61.1 Å². The van der Waals surface area contributed by atoms with Crippen molar-refractivity contribution >= 4 is 40.0 Å². The minimum absolute atomic E-state index is 0.140. The molecule has 4 aromatic rings. The van der Waals surface area contributed by atoms with E-state index in [9.17, 15) is 4.79 Å². The zero-order chi connectivity index (χ0) is 22.7. The summed E-state index contributed by atoms with van der Waals surface area (Å²) in [7, 11) is 2.98. The molecule has 0 aliphatic rings. The first-order valence-electron chi connectivity index (χ1n) is 9.80. The fourth-order valence-electron chi connectivity index (χ4n) is 3.28. The number of oxazole rings is 1. The van der Waals surface area contributed by atoms with Crippen LogP contribution in [0.2, 0.25) is 0 Å². The van der Waals surface area contributed by atoms with Crippen LogP contribution < -0.4 is 20.1 Å². The Morgan fingerprint density at radius 1 is 1.00 bits per heavy atom. The largest absolute Gasteiger partial charge is 0.496 e. The van der Waals surface area contributed by atoms with Crippen LogP contribution in [-0.4, -0.2) is 30.2 Å². The summed E-state index contributed by atoms with van der Waals surface area (Å²) in [4.78, 5) is 17.4. The second kappa shape index (κ2) is 9.07. The number of rotatable bonds is 5. The molecule has 0 aliphatic heterocycles. The number of thiocarbonyl (C=S) groups is 1. The Morgan fingerprint density at radius 2 is 1.72 bits per heavy atom. The van der Waals surface area contributed by atoms with Crippen molar-refractivity contribution in [2.45, 2.75) is 6.92 Å².